The van der Waals surface area contributed by atoms with Crippen molar-refractivity contribution in [2.24, 2.45) is 0 Å². The van der Waals surface area contributed by atoms with E-state index in [1.165, 1.54) is 19.3 Å². The Morgan fingerprint density at radius 1 is 1.43 bits per heavy atom. The van der Waals surface area contributed by atoms with Crippen molar-refractivity contribution < 1.29 is 9.32 Å². The average Bonchev–Trinajstić information content (AvgIpc) is 2.68. The molecule has 0 aliphatic heterocycles. The van der Waals surface area contributed by atoms with Crippen molar-refractivity contribution in [2.45, 2.75) is 38.0 Å². The lowest BCUT2D eigenvalue weighted by Gasteiger charge is -2.18. The van der Waals surface area contributed by atoms with E-state index < -0.39 is 5.24 Å². The first-order valence-corrected chi connectivity index (χ1v) is 5.31. The summed E-state index contributed by atoms with van der Waals surface area (Å²) in [6, 6.07) is 1.67. The molecular weight excluding hydrogens is 202 g/mol. The molecule has 14 heavy (non-hydrogen) atoms. The summed E-state index contributed by atoms with van der Waals surface area (Å²) < 4.78 is 4.85. The summed E-state index contributed by atoms with van der Waals surface area (Å²) in [5, 5.41) is 3.31. The van der Waals surface area contributed by atoms with Gasteiger partial charge in [0.1, 0.15) is 0 Å². The Labute approximate surface area is 87.4 Å². The standard InChI is InChI=1S/C10H12ClNO2/c11-10(13)9-6-8(12-14-9)7-4-2-1-3-5-7/h6-7H,1-5H2. The molecule has 1 aromatic heterocycles. The third-order valence-corrected chi connectivity index (χ3v) is 2.93. The third-order valence-electron chi connectivity index (χ3n) is 2.75. The molecule has 1 heterocycles. The summed E-state index contributed by atoms with van der Waals surface area (Å²) >= 11 is 5.28. The van der Waals surface area contributed by atoms with E-state index in [1.54, 1.807) is 6.07 Å². The molecule has 0 unspecified atom stereocenters. The maximum Gasteiger partial charge on any atom is 0.290 e. The van der Waals surface area contributed by atoms with Crippen molar-refractivity contribution in [1.82, 2.24) is 5.16 Å². The minimum Gasteiger partial charge on any atom is -0.351 e. The minimum absolute atomic E-state index is 0.159. The van der Waals surface area contributed by atoms with E-state index in [0.717, 1.165) is 18.5 Å². The number of halogens is 1. The Balaban J connectivity index is 2.11. The highest BCUT2D eigenvalue weighted by Crippen LogP contribution is 2.32. The van der Waals surface area contributed by atoms with Crippen molar-refractivity contribution in [2.75, 3.05) is 0 Å². The molecule has 0 aromatic carbocycles. The molecule has 0 bridgehead atoms. The van der Waals surface area contributed by atoms with Crippen LogP contribution in [-0.4, -0.2) is 10.4 Å². The highest BCUT2D eigenvalue weighted by molar-refractivity contribution is 6.67. The number of hydrogen-bond acceptors (Lipinski definition) is 3. The Bertz CT molecular complexity index is 329. The SMILES string of the molecule is O=C(Cl)c1cc(C2CCCCC2)no1. The van der Waals surface area contributed by atoms with Crippen molar-refractivity contribution >= 4 is 16.8 Å². The zero-order chi connectivity index (χ0) is 9.97. The van der Waals surface area contributed by atoms with Gasteiger partial charge >= 0.3 is 0 Å². The normalized spacial score (nSPS) is 18.4. The molecule has 0 radical (unpaired) electrons. The van der Waals surface area contributed by atoms with Crippen LogP contribution >= 0.6 is 11.6 Å². The fraction of sp³-hybridized carbons (Fsp3) is 0.600. The Kier molecular flexibility index (Phi) is 2.87. The van der Waals surface area contributed by atoms with E-state index >= 15 is 0 Å². The summed E-state index contributed by atoms with van der Waals surface area (Å²) in [4.78, 5) is 10.8. The summed E-state index contributed by atoms with van der Waals surface area (Å²) in [7, 11) is 0. The molecule has 0 saturated heterocycles. The maximum absolute atomic E-state index is 10.8. The largest absolute Gasteiger partial charge is 0.351 e. The number of hydrogen-bond donors (Lipinski definition) is 0. The van der Waals surface area contributed by atoms with Crippen LogP contribution in [0.1, 0.15) is 54.3 Å². The van der Waals surface area contributed by atoms with Crippen LogP contribution in [0.4, 0.5) is 0 Å². The zero-order valence-corrected chi connectivity index (χ0v) is 8.59. The summed E-state index contributed by atoms with van der Waals surface area (Å²) in [5.74, 6) is 0.615. The molecule has 1 saturated carbocycles. The van der Waals surface area contributed by atoms with Gasteiger partial charge in [-0.05, 0) is 24.4 Å². The first-order chi connectivity index (χ1) is 6.77. The molecule has 2 rings (SSSR count). The molecule has 0 N–H and O–H groups in total. The van der Waals surface area contributed by atoms with Crippen LogP contribution in [0, 0.1) is 0 Å². The molecule has 0 spiro atoms. The van der Waals surface area contributed by atoms with Gasteiger partial charge in [0.2, 0.25) is 5.76 Å². The maximum atomic E-state index is 10.8. The quantitative estimate of drug-likeness (QED) is 0.709. The highest BCUT2D eigenvalue weighted by Gasteiger charge is 2.20. The third kappa shape index (κ3) is 1.98. The summed E-state index contributed by atoms with van der Waals surface area (Å²) in [6.45, 7) is 0. The van der Waals surface area contributed by atoms with Gasteiger partial charge in [-0.3, -0.25) is 4.79 Å². The number of rotatable bonds is 2. The molecule has 0 atom stereocenters. The van der Waals surface area contributed by atoms with Gasteiger partial charge in [0.25, 0.3) is 5.24 Å². The van der Waals surface area contributed by atoms with Gasteiger partial charge in [-0.1, -0.05) is 24.4 Å². The first-order valence-electron chi connectivity index (χ1n) is 4.94. The van der Waals surface area contributed by atoms with Crippen LogP contribution in [0.3, 0.4) is 0 Å². The highest BCUT2D eigenvalue weighted by atomic mass is 35.5. The van der Waals surface area contributed by atoms with Crippen molar-refractivity contribution in [3.8, 4) is 0 Å². The number of carbonyl (C=O) groups excluding carboxylic acids is 1. The monoisotopic (exact) mass is 213 g/mol. The van der Waals surface area contributed by atoms with Crippen LogP contribution < -0.4 is 0 Å². The van der Waals surface area contributed by atoms with E-state index in [1.807, 2.05) is 0 Å². The minimum atomic E-state index is -0.570. The lowest BCUT2D eigenvalue weighted by Crippen LogP contribution is -2.04. The number of carbonyl (C=O) groups is 1. The van der Waals surface area contributed by atoms with Gasteiger partial charge in [-0.2, -0.15) is 0 Å². The Hall–Kier alpha value is -0.830. The average molecular weight is 214 g/mol. The van der Waals surface area contributed by atoms with Gasteiger partial charge in [0.15, 0.2) is 0 Å². The van der Waals surface area contributed by atoms with Gasteiger partial charge in [-0.25, -0.2) is 0 Å². The molecule has 1 aliphatic carbocycles. The summed E-state index contributed by atoms with van der Waals surface area (Å²) in [6.07, 6.45) is 6.06. The predicted molar refractivity (Wildman–Crippen MR) is 52.5 cm³/mol. The van der Waals surface area contributed by atoms with Crippen molar-refractivity contribution in [3.63, 3.8) is 0 Å². The molecule has 1 aliphatic rings. The summed E-state index contributed by atoms with van der Waals surface area (Å²) in [5.41, 5.74) is 0.883. The molecule has 3 nitrogen and oxygen atoms in total. The predicted octanol–water partition coefficient (Wildman–Crippen LogP) is 3.10. The van der Waals surface area contributed by atoms with E-state index in [0.29, 0.717) is 5.92 Å². The number of aromatic nitrogens is 1. The second-order valence-corrected chi connectivity index (χ2v) is 4.07. The van der Waals surface area contributed by atoms with Gasteiger partial charge < -0.3 is 4.52 Å². The van der Waals surface area contributed by atoms with E-state index in [4.69, 9.17) is 16.1 Å². The van der Waals surface area contributed by atoms with Gasteiger partial charge in [0, 0.05) is 12.0 Å². The fourth-order valence-electron chi connectivity index (χ4n) is 1.97. The Morgan fingerprint density at radius 2 is 2.14 bits per heavy atom. The smallest absolute Gasteiger partial charge is 0.290 e. The van der Waals surface area contributed by atoms with Crippen LogP contribution in [0.25, 0.3) is 0 Å². The number of nitrogens with zero attached hydrogens (tertiary/aromatic N) is 1. The fourth-order valence-corrected chi connectivity index (χ4v) is 2.06. The lowest BCUT2D eigenvalue weighted by molar-refractivity contribution is 0.104. The molecule has 76 valence electrons. The molecule has 4 heteroatoms. The molecular formula is C10H12ClNO2. The molecule has 1 aromatic rings. The zero-order valence-electron chi connectivity index (χ0n) is 7.83. The van der Waals surface area contributed by atoms with Crippen LogP contribution in [0.5, 0.6) is 0 Å². The second-order valence-electron chi connectivity index (χ2n) is 3.72. The molecule has 1 fully saturated rings. The second kappa shape index (κ2) is 4.13. The van der Waals surface area contributed by atoms with Gasteiger partial charge in [0.05, 0.1) is 5.69 Å². The Morgan fingerprint density at radius 3 is 2.71 bits per heavy atom. The van der Waals surface area contributed by atoms with E-state index in [9.17, 15) is 4.79 Å². The lowest BCUT2D eigenvalue weighted by atomic mass is 9.87. The van der Waals surface area contributed by atoms with Crippen LogP contribution in [0.15, 0.2) is 10.6 Å². The van der Waals surface area contributed by atoms with Crippen LogP contribution in [-0.2, 0) is 0 Å². The molecule has 0 amide bonds. The van der Waals surface area contributed by atoms with Gasteiger partial charge in [-0.15, -0.1) is 0 Å². The van der Waals surface area contributed by atoms with E-state index in [2.05, 4.69) is 5.16 Å². The van der Waals surface area contributed by atoms with Crippen LogP contribution in [0.2, 0.25) is 0 Å². The van der Waals surface area contributed by atoms with E-state index in [-0.39, 0.29) is 5.76 Å². The first kappa shape index (κ1) is 9.71. The topological polar surface area (TPSA) is 43.1 Å². The van der Waals surface area contributed by atoms with Crippen molar-refractivity contribution in [1.29, 1.82) is 0 Å². The van der Waals surface area contributed by atoms with Crippen molar-refractivity contribution in [3.05, 3.63) is 17.5 Å².